The second kappa shape index (κ2) is 6.32. The molecule has 108 valence electrons. The van der Waals surface area contributed by atoms with Gasteiger partial charge in [0.25, 0.3) is 0 Å². The molecule has 7 heteroatoms. The fourth-order valence-electron chi connectivity index (χ4n) is 2.11. The van der Waals surface area contributed by atoms with Crippen LogP contribution >= 0.6 is 11.3 Å². The van der Waals surface area contributed by atoms with E-state index in [0.29, 0.717) is 30.3 Å². The summed E-state index contributed by atoms with van der Waals surface area (Å²) in [6, 6.07) is 3.47. The molecule has 1 aromatic heterocycles. The Kier molecular flexibility index (Phi) is 4.97. The monoisotopic (exact) mass is 304 g/mol. The van der Waals surface area contributed by atoms with Crippen LogP contribution in [0.1, 0.15) is 18.2 Å². The highest BCUT2D eigenvalue weighted by Gasteiger charge is 2.26. The highest BCUT2D eigenvalue weighted by molar-refractivity contribution is 7.91. The molecule has 19 heavy (non-hydrogen) atoms. The van der Waals surface area contributed by atoms with E-state index in [-0.39, 0.29) is 12.0 Å². The Morgan fingerprint density at radius 2 is 2.32 bits per heavy atom. The van der Waals surface area contributed by atoms with Crippen molar-refractivity contribution in [2.24, 2.45) is 11.7 Å². The Morgan fingerprint density at radius 1 is 1.53 bits per heavy atom. The molecule has 0 amide bonds. The summed E-state index contributed by atoms with van der Waals surface area (Å²) in [5.74, 6) is 0.262. The zero-order chi connectivity index (χ0) is 13.9. The molecule has 1 aromatic rings. The van der Waals surface area contributed by atoms with E-state index in [2.05, 4.69) is 4.72 Å². The summed E-state index contributed by atoms with van der Waals surface area (Å²) in [4.78, 5) is 1.00. The smallest absolute Gasteiger partial charge is 0.250 e. The first-order valence-electron chi connectivity index (χ1n) is 6.43. The maximum Gasteiger partial charge on any atom is 0.250 e. The van der Waals surface area contributed by atoms with Crippen LogP contribution < -0.4 is 10.5 Å². The average molecular weight is 304 g/mol. The third-order valence-corrected chi connectivity index (χ3v) is 6.42. The first-order chi connectivity index (χ1) is 9.03. The number of nitrogens with one attached hydrogen (secondary N) is 1. The van der Waals surface area contributed by atoms with Crippen molar-refractivity contribution in [2.45, 2.75) is 30.1 Å². The number of rotatable bonds is 6. The molecule has 2 heterocycles. The van der Waals surface area contributed by atoms with Gasteiger partial charge >= 0.3 is 0 Å². The zero-order valence-corrected chi connectivity index (χ0v) is 12.6. The van der Waals surface area contributed by atoms with Gasteiger partial charge < -0.3 is 10.5 Å². The molecular weight excluding hydrogens is 284 g/mol. The summed E-state index contributed by atoms with van der Waals surface area (Å²) >= 11 is 1.29. The number of thiophene rings is 1. The lowest BCUT2D eigenvalue weighted by Crippen LogP contribution is -2.31. The van der Waals surface area contributed by atoms with Crippen LogP contribution in [0.15, 0.2) is 16.3 Å². The van der Waals surface area contributed by atoms with E-state index in [1.807, 2.05) is 13.0 Å². The lowest BCUT2D eigenvalue weighted by Gasteiger charge is -2.14. The van der Waals surface area contributed by atoms with Crippen molar-refractivity contribution < 1.29 is 13.2 Å². The van der Waals surface area contributed by atoms with Gasteiger partial charge in [0.15, 0.2) is 0 Å². The highest BCUT2D eigenvalue weighted by atomic mass is 32.2. The van der Waals surface area contributed by atoms with E-state index in [9.17, 15) is 8.42 Å². The van der Waals surface area contributed by atoms with Crippen LogP contribution in [-0.4, -0.2) is 34.2 Å². The Labute approximate surface area is 118 Å². The molecule has 0 saturated carbocycles. The second-order valence-electron chi connectivity index (χ2n) is 4.74. The van der Waals surface area contributed by atoms with E-state index in [0.717, 1.165) is 11.3 Å². The summed E-state index contributed by atoms with van der Waals surface area (Å²) < 4.78 is 32.7. The molecule has 0 aliphatic carbocycles. The number of ether oxygens (including phenoxy) is 1. The van der Waals surface area contributed by atoms with Crippen molar-refractivity contribution in [3.05, 3.63) is 17.0 Å². The lowest BCUT2D eigenvalue weighted by molar-refractivity contribution is 0.107. The topological polar surface area (TPSA) is 81.4 Å². The van der Waals surface area contributed by atoms with Crippen LogP contribution in [0, 0.1) is 5.92 Å². The van der Waals surface area contributed by atoms with Crippen LogP contribution in [0.2, 0.25) is 0 Å². The van der Waals surface area contributed by atoms with Crippen LogP contribution in [0.25, 0.3) is 0 Å². The predicted octanol–water partition coefficient (Wildman–Crippen LogP) is 0.953. The second-order valence-corrected chi connectivity index (χ2v) is 7.90. The SMILES string of the molecule is CC1OCCC1CNS(=O)(=O)c1ccc(CCN)s1. The molecule has 0 spiro atoms. The molecule has 1 saturated heterocycles. The molecule has 3 N–H and O–H groups in total. The van der Waals surface area contributed by atoms with E-state index in [1.165, 1.54) is 11.3 Å². The van der Waals surface area contributed by atoms with Crippen LogP contribution in [-0.2, 0) is 21.2 Å². The van der Waals surface area contributed by atoms with Crippen molar-refractivity contribution in [3.63, 3.8) is 0 Å². The molecular formula is C12H20N2O3S2. The van der Waals surface area contributed by atoms with Gasteiger partial charge in [-0.1, -0.05) is 0 Å². The van der Waals surface area contributed by atoms with Gasteiger partial charge in [0, 0.05) is 23.9 Å². The molecule has 1 fully saturated rings. The molecule has 0 radical (unpaired) electrons. The number of hydrogen-bond donors (Lipinski definition) is 2. The highest BCUT2D eigenvalue weighted by Crippen LogP contribution is 2.23. The molecule has 1 aliphatic rings. The molecule has 5 nitrogen and oxygen atoms in total. The minimum atomic E-state index is -3.40. The van der Waals surface area contributed by atoms with Crippen LogP contribution in [0.3, 0.4) is 0 Å². The lowest BCUT2D eigenvalue weighted by atomic mass is 10.0. The Balaban J connectivity index is 1.97. The molecule has 0 aromatic carbocycles. The standard InChI is InChI=1S/C12H20N2O3S2/c1-9-10(5-7-17-9)8-14-19(15,16)12-3-2-11(18-12)4-6-13/h2-3,9-10,14H,4-8,13H2,1H3. The van der Waals surface area contributed by atoms with Gasteiger partial charge in [-0.2, -0.15) is 0 Å². The third kappa shape index (κ3) is 3.76. The summed E-state index contributed by atoms with van der Waals surface area (Å²) in [6.45, 7) is 3.67. The maximum absolute atomic E-state index is 12.1. The molecule has 2 rings (SSSR count). The van der Waals surface area contributed by atoms with Crippen LogP contribution in [0.4, 0.5) is 0 Å². The minimum Gasteiger partial charge on any atom is -0.378 e. The van der Waals surface area contributed by atoms with E-state index < -0.39 is 10.0 Å². The largest absolute Gasteiger partial charge is 0.378 e. The normalized spacial score (nSPS) is 23.9. The summed E-state index contributed by atoms with van der Waals surface area (Å²) in [6.07, 6.45) is 1.75. The summed E-state index contributed by atoms with van der Waals surface area (Å²) in [5.41, 5.74) is 5.46. The first kappa shape index (κ1) is 14.9. The first-order valence-corrected chi connectivity index (χ1v) is 8.73. The van der Waals surface area contributed by atoms with Crippen molar-refractivity contribution in [3.8, 4) is 0 Å². The van der Waals surface area contributed by atoms with Gasteiger partial charge in [0.05, 0.1) is 6.10 Å². The fraction of sp³-hybridized carbons (Fsp3) is 0.667. The zero-order valence-electron chi connectivity index (χ0n) is 11.0. The average Bonchev–Trinajstić information content (AvgIpc) is 2.97. The Morgan fingerprint density at radius 3 is 2.95 bits per heavy atom. The number of nitrogens with two attached hydrogens (primary N) is 1. The quantitative estimate of drug-likeness (QED) is 0.820. The van der Waals surface area contributed by atoms with Crippen molar-refractivity contribution in [1.29, 1.82) is 0 Å². The molecule has 2 unspecified atom stereocenters. The fourth-order valence-corrected chi connectivity index (χ4v) is 4.62. The van der Waals surface area contributed by atoms with Gasteiger partial charge in [0.1, 0.15) is 4.21 Å². The predicted molar refractivity (Wildman–Crippen MR) is 75.8 cm³/mol. The molecule has 2 atom stereocenters. The van der Waals surface area contributed by atoms with Gasteiger partial charge in [-0.05, 0) is 38.4 Å². The third-order valence-electron chi connectivity index (χ3n) is 3.36. The van der Waals surface area contributed by atoms with Crippen molar-refractivity contribution in [2.75, 3.05) is 19.7 Å². The molecule has 0 bridgehead atoms. The van der Waals surface area contributed by atoms with E-state index >= 15 is 0 Å². The summed E-state index contributed by atoms with van der Waals surface area (Å²) in [7, 11) is -3.40. The minimum absolute atomic E-state index is 0.124. The van der Waals surface area contributed by atoms with Crippen LogP contribution in [0.5, 0.6) is 0 Å². The molecule has 1 aliphatic heterocycles. The van der Waals surface area contributed by atoms with Gasteiger partial charge in [-0.3, -0.25) is 0 Å². The number of sulfonamides is 1. The maximum atomic E-state index is 12.1. The Bertz CT molecular complexity index is 513. The van der Waals surface area contributed by atoms with Crippen molar-refractivity contribution >= 4 is 21.4 Å². The van der Waals surface area contributed by atoms with E-state index in [1.54, 1.807) is 6.07 Å². The Hall–Kier alpha value is -0.470. The number of hydrogen-bond acceptors (Lipinski definition) is 5. The van der Waals surface area contributed by atoms with E-state index in [4.69, 9.17) is 10.5 Å². The van der Waals surface area contributed by atoms with Gasteiger partial charge in [-0.25, -0.2) is 13.1 Å². The van der Waals surface area contributed by atoms with Gasteiger partial charge in [0.2, 0.25) is 10.0 Å². The van der Waals surface area contributed by atoms with Crippen molar-refractivity contribution in [1.82, 2.24) is 4.72 Å². The summed E-state index contributed by atoms with van der Waals surface area (Å²) in [5, 5.41) is 0. The van der Waals surface area contributed by atoms with Gasteiger partial charge in [-0.15, -0.1) is 11.3 Å².